The number of ether oxygens (including phenoxy) is 2. The Balaban J connectivity index is 2.38. The fourth-order valence-electron chi connectivity index (χ4n) is 3.04. The van der Waals surface area contributed by atoms with E-state index in [4.69, 9.17) is 9.47 Å². The number of methoxy groups -OCH3 is 2. The zero-order chi connectivity index (χ0) is 19.5. The van der Waals surface area contributed by atoms with Crippen molar-refractivity contribution >= 4 is 10.0 Å². The van der Waals surface area contributed by atoms with Gasteiger partial charge in [0.1, 0.15) is 11.5 Å². The highest BCUT2D eigenvalue weighted by molar-refractivity contribution is 7.89. The molecule has 26 heavy (non-hydrogen) atoms. The van der Waals surface area contributed by atoms with E-state index in [9.17, 15) is 8.42 Å². The second-order valence-corrected chi connectivity index (χ2v) is 8.01. The number of benzene rings is 2. The molecule has 2 rings (SSSR count). The van der Waals surface area contributed by atoms with E-state index in [1.807, 2.05) is 39.0 Å². The molecule has 0 fully saturated rings. The molecule has 0 unspecified atom stereocenters. The number of hydrogen-bond donors (Lipinski definition) is 1. The summed E-state index contributed by atoms with van der Waals surface area (Å²) in [6.45, 7) is 7.56. The van der Waals surface area contributed by atoms with Gasteiger partial charge < -0.3 is 9.47 Å². The maximum atomic E-state index is 13.0. The van der Waals surface area contributed by atoms with Crippen LogP contribution in [0, 0.1) is 20.8 Å². The maximum Gasteiger partial charge on any atom is 0.241 e. The lowest BCUT2D eigenvalue weighted by Gasteiger charge is -2.20. The van der Waals surface area contributed by atoms with Crippen molar-refractivity contribution in [2.75, 3.05) is 14.2 Å². The van der Waals surface area contributed by atoms with Crippen LogP contribution in [0.5, 0.6) is 11.5 Å². The van der Waals surface area contributed by atoms with Gasteiger partial charge in [-0.2, -0.15) is 0 Å². The largest absolute Gasteiger partial charge is 0.496 e. The van der Waals surface area contributed by atoms with Crippen molar-refractivity contribution in [2.24, 2.45) is 0 Å². The molecule has 0 bridgehead atoms. The van der Waals surface area contributed by atoms with Gasteiger partial charge in [-0.05, 0) is 67.6 Å². The first kappa shape index (κ1) is 20.3. The van der Waals surface area contributed by atoms with Gasteiger partial charge in [-0.25, -0.2) is 13.1 Å². The van der Waals surface area contributed by atoms with Crippen molar-refractivity contribution in [1.82, 2.24) is 4.72 Å². The topological polar surface area (TPSA) is 64.6 Å². The van der Waals surface area contributed by atoms with Gasteiger partial charge in [0, 0.05) is 6.04 Å². The van der Waals surface area contributed by atoms with Crippen molar-refractivity contribution < 1.29 is 17.9 Å². The molecule has 0 aromatic heterocycles. The first-order valence-corrected chi connectivity index (χ1v) is 10.0. The van der Waals surface area contributed by atoms with E-state index in [-0.39, 0.29) is 10.9 Å². The highest BCUT2D eigenvalue weighted by atomic mass is 32.2. The van der Waals surface area contributed by atoms with Gasteiger partial charge >= 0.3 is 0 Å². The number of sulfonamides is 1. The van der Waals surface area contributed by atoms with Crippen molar-refractivity contribution in [3.63, 3.8) is 0 Å². The van der Waals surface area contributed by atoms with Crippen molar-refractivity contribution in [1.29, 1.82) is 0 Å². The SMILES string of the molecule is CC[C@H](NS(=O)(=O)c1ccc(OC)c(C)c1C)c1ccc(OC)c(C)c1. The molecule has 6 heteroatoms. The molecule has 0 radical (unpaired) electrons. The molecular weight excluding hydrogens is 350 g/mol. The van der Waals surface area contributed by atoms with Crippen LogP contribution in [0.25, 0.3) is 0 Å². The highest BCUT2D eigenvalue weighted by Crippen LogP contribution is 2.29. The molecule has 0 aliphatic carbocycles. The van der Waals surface area contributed by atoms with E-state index in [1.54, 1.807) is 33.3 Å². The summed E-state index contributed by atoms with van der Waals surface area (Å²) in [7, 11) is -0.465. The smallest absolute Gasteiger partial charge is 0.241 e. The van der Waals surface area contributed by atoms with Gasteiger partial charge in [-0.3, -0.25) is 0 Å². The van der Waals surface area contributed by atoms with Crippen LogP contribution in [0.4, 0.5) is 0 Å². The Kier molecular flexibility index (Phi) is 6.31. The molecule has 2 aromatic carbocycles. The lowest BCUT2D eigenvalue weighted by Crippen LogP contribution is -2.29. The average Bonchev–Trinajstić information content (AvgIpc) is 2.61. The van der Waals surface area contributed by atoms with Crippen LogP contribution in [0.1, 0.15) is 41.6 Å². The van der Waals surface area contributed by atoms with Gasteiger partial charge in [0.25, 0.3) is 0 Å². The number of hydrogen-bond acceptors (Lipinski definition) is 4. The summed E-state index contributed by atoms with van der Waals surface area (Å²) in [6, 6.07) is 8.69. The Bertz CT molecular complexity index is 891. The zero-order valence-electron chi connectivity index (χ0n) is 16.2. The minimum absolute atomic E-state index is 0.277. The molecule has 0 saturated heterocycles. The Morgan fingerprint density at radius 3 is 2.12 bits per heavy atom. The molecule has 0 amide bonds. The predicted octanol–water partition coefficient (Wildman–Crippen LogP) is 4.06. The molecule has 0 saturated carbocycles. The molecular formula is C20H27NO4S. The van der Waals surface area contributed by atoms with Crippen molar-refractivity contribution in [3.05, 3.63) is 52.6 Å². The summed E-state index contributed by atoms with van der Waals surface area (Å²) in [4.78, 5) is 0.277. The van der Waals surface area contributed by atoms with Crippen LogP contribution in [0.15, 0.2) is 35.2 Å². The molecule has 0 aliphatic heterocycles. The summed E-state index contributed by atoms with van der Waals surface area (Å²) in [5, 5.41) is 0. The van der Waals surface area contributed by atoms with Crippen LogP contribution in [0.2, 0.25) is 0 Å². The van der Waals surface area contributed by atoms with E-state index in [0.717, 1.165) is 22.4 Å². The fraction of sp³-hybridized carbons (Fsp3) is 0.400. The Hall–Kier alpha value is -2.05. The molecule has 0 spiro atoms. The maximum absolute atomic E-state index is 13.0. The van der Waals surface area contributed by atoms with E-state index in [2.05, 4.69) is 4.72 Å². The molecule has 5 nitrogen and oxygen atoms in total. The van der Waals surface area contributed by atoms with Crippen LogP contribution in [-0.2, 0) is 10.0 Å². The number of nitrogens with one attached hydrogen (secondary N) is 1. The standard InChI is InChI=1S/C20H27NO4S/c1-7-17(16-8-9-18(24-5)13(2)12-16)21-26(22,23)20-11-10-19(25-6)14(3)15(20)4/h8-12,17,21H,7H2,1-6H3/t17-/m0/s1. The van der Waals surface area contributed by atoms with Gasteiger partial charge in [-0.15, -0.1) is 0 Å². The van der Waals surface area contributed by atoms with Gasteiger partial charge in [0.2, 0.25) is 10.0 Å². The van der Waals surface area contributed by atoms with Gasteiger partial charge in [0.15, 0.2) is 0 Å². The minimum atomic E-state index is -3.66. The Morgan fingerprint density at radius 1 is 0.962 bits per heavy atom. The lowest BCUT2D eigenvalue weighted by atomic mass is 10.0. The monoisotopic (exact) mass is 377 g/mol. The summed E-state index contributed by atoms with van der Waals surface area (Å²) < 4.78 is 39.4. The van der Waals surface area contributed by atoms with Gasteiger partial charge in [0.05, 0.1) is 19.1 Å². The first-order chi connectivity index (χ1) is 12.2. The quantitative estimate of drug-likeness (QED) is 0.790. The third-order valence-corrected chi connectivity index (χ3v) is 6.34. The molecule has 1 atom stereocenters. The summed E-state index contributed by atoms with van der Waals surface area (Å²) in [5.74, 6) is 1.47. The fourth-order valence-corrected chi connectivity index (χ4v) is 4.65. The van der Waals surface area contributed by atoms with E-state index < -0.39 is 10.0 Å². The van der Waals surface area contributed by atoms with E-state index in [1.165, 1.54) is 0 Å². The number of aryl methyl sites for hydroxylation is 1. The highest BCUT2D eigenvalue weighted by Gasteiger charge is 2.24. The van der Waals surface area contributed by atoms with Gasteiger partial charge in [-0.1, -0.05) is 19.1 Å². The third kappa shape index (κ3) is 4.02. The normalized spacial score (nSPS) is 12.7. The first-order valence-electron chi connectivity index (χ1n) is 8.56. The minimum Gasteiger partial charge on any atom is -0.496 e. The Morgan fingerprint density at radius 2 is 1.58 bits per heavy atom. The summed E-state index contributed by atoms with van der Waals surface area (Å²) in [6.07, 6.45) is 0.638. The van der Waals surface area contributed by atoms with E-state index >= 15 is 0 Å². The molecule has 0 heterocycles. The zero-order valence-corrected chi connectivity index (χ0v) is 17.0. The second kappa shape index (κ2) is 8.10. The molecule has 142 valence electrons. The predicted molar refractivity (Wildman–Crippen MR) is 104 cm³/mol. The van der Waals surface area contributed by atoms with Crippen LogP contribution in [0.3, 0.4) is 0 Å². The average molecular weight is 378 g/mol. The van der Waals surface area contributed by atoms with Crippen LogP contribution in [-0.4, -0.2) is 22.6 Å². The molecule has 1 N–H and O–H groups in total. The molecule has 0 aliphatic rings. The van der Waals surface area contributed by atoms with E-state index in [0.29, 0.717) is 17.7 Å². The molecule has 2 aromatic rings. The second-order valence-electron chi connectivity index (χ2n) is 6.33. The lowest BCUT2D eigenvalue weighted by molar-refractivity contribution is 0.410. The van der Waals surface area contributed by atoms with Crippen molar-refractivity contribution in [3.8, 4) is 11.5 Å². The Labute approximate surface area is 156 Å². The van der Waals surface area contributed by atoms with Crippen molar-refractivity contribution in [2.45, 2.75) is 45.1 Å². The van der Waals surface area contributed by atoms with Crippen LogP contribution < -0.4 is 14.2 Å². The number of rotatable bonds is 7. The van der Waals surface area contributed by atoms with Crippen LogP contribution >= 0.6 is 0 Å². The third-order valence-electron chi connectivity index (χ3n) is 4.72. The summed E-state index contributed by atoms with van der Waals surface area (Å²) >= 11 is 0. The summed E-state index contributed by atoms with van der Waals surface area (Å²) in [5.41, 5.74) is 3.40.